The largest absolute Gasteiger partial charge is 0.493 e. The smallest absolute Gasteiger partial charge is 0.243 e. The van der Waals surface area contributed by atoms with Crippen LogP contribution in [-0.2, 0) is 4.79 Å². The summed E-state index contributed by atoms with van der Waals surface area (Å²) in [4.78, 5) is 13.5. The molecule has 1 aromatic heterocycles. The molecule has 6 nitrogen and oxygen atoms in total. The van der Waals surface area contributed by atoms with Gasteiger partial charge in [0.25, 0.3) is 0 Å². The highest BCUT2D eigenvalue weighted by Gasteiger charge is 2.33. The summed E-state index contributed by atoms with van der Waals surface area (Å²) in [6.07, 6.45) is 1.05. The van der Waals surface area contributed by atoms with E-state index < -0.39 is 0 Å². The SMILES string of the molecule is CCC(=O)N1N=C(c2cc(OC)c(OC)c(OC)c2)C[C@@H]1c1cccs1. The summed E-state index contributed by atoms with van der Waals surface area (Å²) in [5, 5.41) is 8.24. The monoisotopic (exact) mass is 374 g/mol. The molecule has 26 heavy (non-hydrogen) atoms. The zero-order valence-electron chi connectivity index (χ0n) is 15.3. The van der Waals surface area contributed by atoms with Gasteiger partial charge in [-0.3, -0.25) is 4.79 Å². The topological polar surface area (TPSA) is 60.4 Å². The van der Waals surface area contributed by atoms with Crippen LogP contribution in [0, 0.1) is 0 Å². The van der Waals surface area contributed by atoms with E-state index in [1.807, 2.05) is 36.6 Å². The number of carbonyl (C=O) groups is 1. The predicted molar refractivity (Wildman–Crippen MR) is 101 cm³/mol. The Morgan fingerprint density at radius 2 is 1.92 bits per heavy atom. The van der Waals surface area contributed by atoms with Crippen molar-refractivity contribution in [3.63, 3.8) is 0 Å². The standard InChI is InChI=1S/C19H22N2O4S/c1-5-18(22)21-14(17-7-6-8-26-17)11-13(20-21)12-9-15(23-2)19(25-4)16(10-12)24-3/h6-10,14H,5,11H2,1-4H3/t14-/m1/s1. The van der Waals surface area contributed by atoms with E-state index in [4.69, 9.17) is 14.2 Å². The third kappa shape index (κ3) is 3.26. The average molecular weight is 374 g/mol. The Balaban J connectivity index is 2.02. The van der Waals surface area contributed by atoms with Gasteiger partial charge in [-0.1, -0.05) is 13.0 Å². The van der Waals surface area contributed by atoms with Gasteiger partial charge < -0.3 is 14.2 Å². The highest BCUT2D eigenvalue weighted by molar-refractivity contribution is 7.10. The number of ether oxygens (including phenoxy) is 3. The number of rotatable bonds is 6. The minimum atomic E-state index is -0.0726. The van der Waals surface area contributed by atoms with Gasteiger partial charge in [0.2, 0.25) is 11.7 Å². The van der Waals surface area contributed by atoms with Crippen molar-refractivity contribution >= 4 is 23.0 Å². The van der Waals surface area contributed by atoms with Crippen LogP contribution in [0.15, 0.2) is 34.7 Å². The fourth-order valence-corrected chi connectivity index (χ4v) is 3.84. The molecular formula is C19H22N2O4S. The third-order valence-corrected chi connectivity index (χ3v) is 5.31. The molecule has 0 N–H and O–H groups in total. The first-order valence-corrected chi connectivity index (χ1v) is 9.24. The van der Waals surface area contributed by atoms with Gasteiger partial charge in [-0.15, -0.1) is 11.3 Å². The van der Waals surface area contributed by atoms with Gasteiger partial charge in [-0.2, -0.15) is 5.10 Å². The Labute approximate surface area is 157 Å². The molecule has 138 valence electrons. The highest BCUT2D eigenvalue weighted by Crippen LogP contribution is 2.41. The summed E-state index contributed by atoms with van der Waals surface area (Å²) in [6, 6.07) is 7.69. The molecule has 7 heteroatoms. The lowest BCUT2D eigenvalue weighted by Gasteiger charge is -2.19. The molecule has 0 saturated heterocycles. The minimum Gasteiger partial charge on any atom is -0.493 e. The van der Waals surface area contributed by atoms with E-state index in [2.05, 4.69) is 5.10 Å². The number of hydrogen-bond acceptors (Lipinski definition) is 6. The number of carbonyl (C=O) groups excluding carboxylic acids is 1. The van der Waals surface area contributed by atoms with Gasteiger partial charge in [-0.05, 0) is 23.6 Å². The summed E-state index contributed by atoms with van der Waals surface area (Å²) >= 11 is 1.63. The van der Waals surface area contributed by atoms with Crippen molar-refractivity contribution in [3.8, 4) is 17.2 Å². The molecule has 1 aromatic carbocycles. The van der Waals surface area contributed by atoms with E-state index in [0.717, 1.165) is 16.2 Å². The lowest BCUT2D eigenvalue weighted by molar-refractivity contribution is -0.132. The molecule has 2 heterocycles. The zero-order valence-corrected chi connectivity index (χ0v) is 16.1. The highest BCUT2D eigenvalue weighted by atomic mass is 32.1. The van der Waals surface area contributed by atoms with Gasteiger partial charge in [0.15, 0.2) is 11.5 Å². The van der Waals surface area contributed by atoms with E-state index >= 15 is 0 Å². The van der Waals surface area contributed by atoms with Crippen LogP contribution in [0.3, 0.4) is 0 Å². The quantitative estimate of drug-likeness (QED) is 0.770. The Morgan fingerprint density at radius 1 is 1.23 bits per heavy atom. The van der Waals surface area contributed by atoms with Gasteiger partial charge in [0.1, 0.15) is 0 Å². The molecule has 3 rings (SSSR count). The van der Waals surface area contributed by atoms with Crippen molar-refractivity contribution in [2.45, 2.75) is 25.8 Å². The second-order valence-electron chi connectivity index (χ2n) is 5.79. The van der Waals surface area contributed by atoms with Crippen LogP contribution in [0.4, 0.5) is 0 Å². The second-order valence-corrected chi connectivity index (χ2v) is 6.77. The number of hydrazone groups is 1. The molecule has 0 fully saturated rings. The number of benzene rings is 1. The van der Waals surface area contributed by atoms with Crippen LogP contribution in [-0.4, -0.2) is 38.0 Å². The Bertz CT molecular complexity index is 792. The molecule has 0 saturated carbocycles. The van der Waals surface area contributed by atoms with Crippen LogP contribution in [0.2, 0.25) is 0 Å². The van der Waals surface area contributed by atoms with Gasteiger partial charge >= 0.3 is 0 Å². The van der Waals surface area contributed by atoms with Crippen molar-refractivity contribution in [2.75, 3.05) is 21.3 Å². The number of nitrogens with zero attached hydrogens (tertiary/aromatic N) is 2. The summed E-state index contributed by atoms with van der Waals surface area (Å²) in [5.74, 6) is 1.68. The lowest BCUT2D eigenvalue weighted by Crippen LogP contribution is -2.25. The predicted octanol–water partition coefficient (Wildman–Crippen LogP) is 3.86. The maximum atomic E-state index is 12.4. The molecule has 0 radical (unpaired) electrons. The normalized spacial score (nSPS) is 16.4. The maximum absolute atomic E-state index is 12.4. The van der Waals surface area contributed by atoms with Crippen LogP contribution >= 0.6 is 11.3 Å². The number of methoxy groups -OCH3 is 3. The Hall–Kier alpha value is -2.54. The minimum absolute atomic E-state index is 0.00541. The van der Waals surface area contributed by atoms with Crippen molar-refractivity contribution in [1.29, 1.82) is 0 Å². The third-order valence-electron chi connectivity index (χ3n) is 4.34. The Kier molecular flexibility index (Phi) is 5.46. The van der Waals surface area contributed by atoms with Crippen LogP contribution in [0.5, 0.6) is 17.2 Å². The van der Waals surface area contributed by atoms with Crippen molar-refractivity contribution in [2.24, 2.45) is 5.10 Å². The average Bonchev–Trinajstić information content (AvgIpc) is 3.35. The zero-order chi connectivity index (χ0) is 18.7. The molecule has 0 aliphatic carbocycles. The molecular weight excluding hydrogens is 352 g/mol. The van der Waals surface area contributed by atoms with E-state index in [0.29, 0.717) is 30.1 Å². The number of thiophene rings is 1. The summed E-state index contributed by atoms with van der Waals surface area (Å²) in [6.45, 7) is 1.85. The fourth-order valence-electron chi connectivity index (χ4n) is 3.03. The molecule has 0 unspecified atom stereocenters. The van der Waals surface area contributed by atoms with Crippen molar-refractivity contribution in [3.05, 3.63) is 40.1 Å². The van der Waals surface area contributed by atoms with Gasteiger partial charge in [-0.25, -0.2) is 5.01 Å². The Morgan fingerprint density at radius 3 is 2.42 bits per heavy atom. The summed E-state index contributed by atoms with van der Waals surface area (Å²) < 4.78 is 16.2. The van der Waals surface area contributed by atoms with Crippen molar-refractivity contribution in [1.82, 2.24) is 5.01 Å². The molecule has 1 atom stereocenters. The molecule has 1 amide bonds. The first-order valence-electron chi connectivity index (χ1n) is 8.36. The summed E-state index contributed by atoms with van der Waals surface area (Å²) in [5.41, 5.74) is 1.68. The molecule has 2 aromatic rings. The molecule has 1 aliphatic heterocycles. The van der Waals surface area contributed by atoms with Crippen molar-refractivity contribution < 1.29 is 19.0 Å². The van der Waals surface area contributed by atoms with Crippen LogP contribution < -0.4 is 14.2 Å². The first kappa shape index (κ1) is 18.3. The first-order chi connectivity index (χ1) is 12.6. The maximum Gasteiger partial charge on any atom is 0.243 e. The number of hydrogen-bond donors (Lipinski definition) is 0. The van der Waals surface area contributed by atoms with E-state index in [9.17, 15) is 4.79 Å². The lowest BCUT2D eigenvalue weighted by atomic mass is 10.0. The van der Waals surface area contributed by atoms with E-state index in [1.165, 1.54) is 0 Å². The molecule has 0 bridgehead atoms. The van der Waals surface area contributed by atoms with Gasteiger partial charge in [0.05, 0.1) is 33.1 Å². The second kappa shape index (κ2) is 7.78. The number of amides is 1. The van der Waals surface area contributed by atoms with Gasteiger partial charge in [0, 0.05) is 23.3 Å². The van der Waals surface area contributed by atoms with E-state index in [1.54, 1.807) is 37.7 Å². The molecule has 0 spiro atoms. The van der Waals surface area contributed by atoms with Crippen LogP contribution in [0.1, 0.15) is 36.2 Å². The molecule has 1 aliphatic rings. The van der Waals surface area contributed by atoms with E-state index in [-0.39, 0.29) is 11.9 Å². The van der Waals surface area contributed by atoms with Crippen LogP contribution in [0.25, 0.3) is 0 Å². The summed E-state index contributed by atoms with van der Waals surface area (Å²) in [7, 11) is 4.74. The fraction of sp³-hybridized carbons (Fsp3) is 0.368.